The first-order valence-corrected chi connectivity index (χ1v) is 8.79. The van der Waals surface area contributed by atoms with E-state index in [4.69, 9.17) is 22.3 Å². The first-order chi connectivity index (χ1) is 11.7. The second-order valence-corrected chi connectivity index (χ2v) is 6.90. The normalized spacial score (nSPS) is 18.2. The van der Waals surface area contributed by atoms with E-state index in [0.717, 1.165) is 54.5 Å². The number of rotatable bonds is 3. The van der Waals surface area contributed by atoms with E-state index in [1.165, 1.54) is 5.56 Å². The highest BCUT2D eigenvalue weighted by Gasteiger charge is 2.22. The van der Waals surface area contributed by atoms with Crippen LogP contribution in [0.15, 0.2) is 48.5 Å². The lowest BCUT2D eigenvalue weighted by Gasteiger charge is -2.32. The Kier molecular flexibility index (Phi) is 4.17. The van der Waals surface area contributed by atoms with Gasteiger partial charge < -0.3 is 15.2 Å². The summed E-state index contributed by atoms with van der Waals surface area (Å²) in [5, 5.41) is 0.761. The summed E-state index contributed by atoms with van der Waals surface area (Å²) in [6.45, 7) is 2.65. The van der Waals surface area contributed by atoms with E-state index in [1.54, 1.807) is 0 Å². The van der Waals surface area contributed by atoms with E-state index in [9.17, 15) is 0 Å². The second-order valence-electron chi connectivity index (χ2n) is 6.46. The van der Waals surface area contributed by atoms with Crippen LogP contribution in [-0.4, -0.2) is 28.7 Å². The fraction of sp³-hybridized carbons (Fsp3) is 0.316. The number of imidazole rings is 1. The van der Waals surface area contributed by atoms with E-state index < -0.39 is 0 Å². The summed E-state index contributed by atoms with van der Waals surface area (Å²) in [4.78, 5) is 7.22. The minimum atomic E-state index is 0.225. The van der Waals surface area contributed by atoms with Gasteiger partial charge in [-0.1, -0.05) is 35.9 Å². The number of nitrogens with zero attached hydrogens (tertiary/aromatic N) is 3. The largest absolute Gasteiger partial charge is 0.341 e. The molecule has 4 rings (SSSR count). The number of aromatic nitrogens is 2. The topological polar surface area (TPSA) is 47.1 Å². The Morgan fingerprint density at radius 3 is 2.71 bits per heavy atom. The number of benzene rings is 2. The maximum absolute atomic E-state index is 6.18. The van der Waals surface area contributed by atoms with Gasteiger partial charge in [-0.2, -0.15) is 0 Å². The highest BCUT2D eigenvalue weighted by Crippen LogP contribution is 2.26. The molecule has 2 heterocycles. The van der Waals surface area contributed by atoms with E-state index in [1.807, 2.05) is 18.2 Å². The van der Waals surface area contributed by atoms with Crippen molar-refractivity contribution in [1.82, 2.24) is 9.55 Å². The number of halogens is 1. The average Bonchev–Trinajstić information content (AvgIpc) is 2.96. The predicted molar refractivity (Wildman–Crippen MR) is 99.7 cm³/mol. The highest BCUT2D eigenvalue weighted by atomic mass is 35.5. The van der Waals surface area contributed by atoms with E-state index in [2.05, 4.69) is 39.8 Å². The first kappa shape index (κ1) is 15.5. The molecular formula is C19H21ClN4. The van der Waals surface area contributed by atoms with Gasteiger partial charge in [0.1, 0.15) is 0 Å². The summed E-state index contributed by atoms with van der Waals surface area (Å²) >= 11 is 6.02. The molecule has 1 unspecified atom stereocenters. The summed E-state index contributed by atoms with van der Waals surface area (Å²) in [7, 11) is 0. The lowest BCUT2D eigenvalue weighted by Crippen LogP contribution is -2.44. The molecule has 2 N–H and O–H groups in total. The van der Waals surface area contributed by atoms with Crippen molar-refractivity contribution < 1.29 is 0 Å². The van der Waals surface area contributed by atoms with Gasteiger partial charge in [0.05, 0.1) is 17.6 Å². The predicted octanol–water partition coefficient (Wildman–Crippen LogP) is 3.67. The molecule has 2 aromatic carbocycles. The van der Waals surface area contributed by atoms with Crippen molar-refractivity contribution in [2.24, 2.45) is 5.73 Å². The van der Waals surface area contributed by atoms with Crippen molar-refractivity contribution in [2.45, 2.75) is 25.4 Å². The Morgan fingerprint density at radius 1 is 1.12 bits per heavy atom. The number of nitrogens with two attached hydrogens (primary N) is 1. The van der Waals surface area contributed by atoms with Crippen molar-refractivity contribution in [2.75, 3.05) is 18.0 Å². The van der Waals surface area contributed by atoms with Crippen molar-refractivity contribution in [1.29, 1.82) is 0 Å². The third kappa shape index (κ3) is 2.99. The summed E-state index contributed by atoms with van der Waals surface area (Å²) in [6.07, 6.45) is 2.21. The standard InChI is InChI=1S/C19H21ClN4/c20-15-9-7-14(8-10-15)12-24-18-6-2-1-5-17(18)22-19(24)23-11-3-4-16(21)13-23/h1-2,5-10,16H,3-4,11-13,21H2. The van der Waals surface area contributed by atoms with Crippen LogP contribution in [0, 0.1) is 0 Å². The summed E-state index contributed by atoms with van der Waals surface area (Å²) in [6, 6.07) is 16.5. The van der Waals surface area contributed by atoms with Crippen molar-refractivity contribution in [3.63, 3.8) is 0 Å². The van der Waals surface area contributed by atoms with Gasteiger partial charge in [-0.25, -0.2) is 4.98 Å². The van der Waals surface area contributed by atoms with Crippen LogP contribution in [0.25, 0.3) is 11.0 Å². The maximum atomic E-state index is 6.18. The zero-order valence-electron chi connectivity index (χ0n) is 13.5. The minimum absolute atomic E-state index is 0.225. The van der Waals surface area contributed by atoms with Gasteiger partial charge in [-0.05, 0) is 42.7 Å². The number of hydrogen-bond donors (Lipinski definition) is 1. The molecule has 1 fully saturated rings. The van der Waals surface area contributed by atoms with E-state index in [0.29, 0.717) is 0 Å². The highest BCUT2D eigenvalue weighted by molar-refractivity contribution is 6.30. The van der Waals surface area contributed by atoms with Gasteiger partial charge in [0, 0.05) is 24.2 Å². The molecule has 4 nitrogen and oxygen atoms in total. The van der Waals surface area contributed by atoms with Gasteiger partial charge in [0.15, 0.2) is 0 Å². The SMILES string of the molecule is NC1CCCN(c2nc3ccccc3n2Cc2ccc(Cl)cc2)C1. The van der Waals surface area contributed by atoms with Crippen molar-refractivity contribution >= 4 is 28.6 Å². The molecule has 0 amide bonds. The molecule has 1 aliphatic heterocycles. The second kappa shape index (κ2) is 6.46. The van der Waals surface area contributed by atoms with Crippen molar-refractivity contribution in [3.05, 3.63) is 59.1 Å². The molecule has 5 heteroatoms. The third-order valence-corrected chi connectivity index (χ3v) is 4.88. The van der Waals surface area contributed by atoms with E-state index >= 15 is 0 Å². The maximum Gasteiger partial charge on any atom is 0.206 e. The van der Waals surface area contributed by atoms with Crippen LogP contribution in [0.2, 0.25) is 5.02 Å². The Bertz CT molecular complexity index is 840. The lowest BCUT2D eigenvalue weighted by atomic mass is 10.1. The smallest absolute Gasteiger partial charge is 0.206 e. The van der Waals surface area contributed by atoms with Crippen molar-refractivity contribution in [3.8, 4) is 0 Å². The van der Waals surface area contributed by atoms with Crippen LogP contribution in [0.3, 0.4) is 0 Å². The van der Waals surface area contributed by atoms with Gasteiger partial charge in [-0.15, -0.1) is 0 Å². The third-order valence-electron chi connectivity index (χ3n) is 4.63. The average molecular weight is 341 g/mol. The summed E-state index contributed by atoms with van der Waals surface area (Å²) < 4.78 is 2.29. The monoisotopic (exact) mass is 340 g/mol. The molecule has 1 atom stereocenters. The molecule has 0 spiro atoms. The van der Waals surface area contributed by atoms with Gasteiger partial charge in [0.25, 0.3) is 0 Å². The molecular weight excluding hydrogens is 320 g/mol. The number of fused-ring (bicyclic) bond motifs is 1. The Balaban J connectivity index is 1.76. The van der Waals surface area contributed by atoms with Crippen LogP contribution >= 0.6 is 11.6 Å². The lowest BCUT2D eigenvalue weighted by molar-refractivity contribution is 0.495. The van der Waals surface area contributed by atoms with Gasteiger partial charge in [-0.3, -0.25) is 0 Å². The van der Waals surface area contributed by atoms with Crippen LogP contribution in [0.5, 0.6) is 0 Å². The Labute approximate surface area is 146 Å². The zero-order valence-corrected chi connectivity index (χ0v) is 14.3. The summed E-state index contributed by atoms with van der Waals surface area (Å²) in [5.41, 5.74) is 9.58. The number of anilines is 1. The molecule has 1 aromatic heterocycles. The van der Waals surface area contributed by atoms with Gasteiger partial charge in [0.2, 0.25) is 5.95 Å². The van der Waals surface area contributed by atoms with Crippen LogP contribution in [-0.2, 0) is 6.54 Å². The van der Waals surface area contributed by atoms with E-state index in [-0.39, 0.29) is 6.04 Å². The molecule has 0 bridgehead atoms. The fourth-order valence-electron chi connectivity index (χ4n) is 3.42. The zero-order chi connectivity index (χ0) is 16.5. The molecule has 0 saturated carbocycles. The van der Waals surface area contributed by atoms with Crippen LogP contribution < -0.4 is 10.6 Å². The number of para-hydroxylation sites is 2. The Hall–Kier alpha value is -2.04. The molecule has 124 valence electrons. The minimum Gasteiger partial charge on any atom is -0.341 e. The summed E-state index contributed by atoms with van der Waals surface area (Å²) in [5.74, 6) is 1.02. The van der Waals surface area contributed by atoms with Crippen LogP contribution in [0.1, 0.15) is 18.4 Å². The fourth-order valence-corrected chi connectivity index (χ4v) is 3.55. The first-order valence-electron chi connectivity index (χ1n) is 8.41. The quantitative estimate of drug-likeness (QED) is 0.791. The van der Waals surface area contributed by atoms with Gasteiger partial charge >= 0.3 is 0 Å². The Morgan fingerprint density at radius 2 is 1.92 bits per heavy atom. The van der Waals surface area contributed by atoms with Crippen LogP contribution in [0.4, 0.5) is 5.95 Å². The molecule has 1 aliphatic rings. The molecule has 24 heavy (non-hydrogen) atoms. The molecule has 0 aliphatic carbocycles. The molecule has 3 aromatic rings. The molecule has 0 radical (unpaired) electrons. The number of hydrogen-bond acceptors (Lipinski definition) is 3. The number of piperidine rings is 1. The molecule has 1 saturated heterocycles.